The molecule has 6 heteroatoms. The van der Waals surface area contributed by atoms with Crippen molar-refractivity contribution in [3.05, 3.63) is 12.7 Å². The van der Waals surface area contributed by atoms with E-state index in [1.54, 1.807) is 6.08 Å². The van der Waals surface area contributed by atoms with Crippen molar-refractivity contribution in [3.8, 4) is 0 Å². The third kappa shape index (κ3) is 27.9. The van der Waals surface area contributed by atoms with Crippen LogP contribution in [0.25, 0.3) is 0 Å². The van der Waals surface area contributed by atoms with Crippen LogP contribution < -0.4 is 5.73 Å². The van der Waals surface area contributed by atoms with Gasteiger partial charge in [0.1, 0.15) is 0 Å². The van der Waals surface area contributed by atoms with Crippen LogP contribution in [0.1, 0.15) is 96.8 Å². The number of hydrogen-bond acceptors (Lipinski definition) is 4. The summed E-state index contributed by atoms with van der Waals surface area (Å²) >= 11 is 0. The molecular weight excluding hydrogens is 365 g/mol. The van der Waals surface area contributed by atoms with E-state index in [0.717, 1.165) is 25.7 Å². The summed E-state index contributed by atoms with van der Waals surface area (Å²) in [6.07, 6.45) is 16.5. The minimum Gasteiger partial charge on any atom is -0.327 e. The first-order valence-corrected chi connectivity index (χ1v) is 12.4. The smallest absolute Gasteiger partial charge is 0.267 e. The summed E-state index contributed by atoms with van der Waals surface area (Å²) in [7, 11) is -3.37. The molecule has 0 spiro atoms. The molecule has 0 unspecified atom stereocenters. The van der Waals surface area contributed by atoms with Gasteiger partial charge in [-0.25, -0.2) is 0 Å². The monoisotopic (exact) mass is 409 g/mol. The summed E-state index contributed by atoms with van der Waals surface area (Å²) in [5.74, 6) is 0.0665. The number of halogens is 1. The van der Waals surface area contributed by atoms with Gasteiger partial charge in [0.15, 0.2) is 0 Å². The molecule has 27 heavy (non-hydrogen) atoms. The van der Waals surface area contributed by atoms with Gasteiger partial charge in [0, 0.05) is 6.54 Å². The zero-order valence-electron chi connectivity index (χ0n) is 17.6. The van der Waals surface area contributed by atoms with Gasteiger partial charge in [0.25, 0.3) is 10.1 Å². The lowest BCUT2D eigenvalue weighted by molar-refractivity contribution is 0.305. The molecule has 0 aliphatic rings. The predicted octanol–water partition coefficient (Wildman–Crippen LogP) is 5.91. The summed E-state index contributed by atoms with van der Waals surface area (Å²) in [5, 5.41) is 0. The van der Waals surface area contributed by atoms with E-state index in [4.69, 9.17) is 9.92 Å². The largest absolute Gasteiger partial charge is 0.327 e. The summed E-state index contributed by atoms with van der Waals surface area (Å²) in [4.78, 5) is 0. The molecule has 4 nitrogen and oxygen atoms in total. The van der Waals surface area contributed by atoms with Crippen molar-refractivity contribution in [1.82, 2.24) is 0 Å². The second kappa shape index (κ2) is 23.6. The molecule has 0 saturated heterocycles. The predicted molar refractivity (Wildman–Crippen MR) is 115 cm³/mol. The highest BCUT2D eigenvalue weighted by Crippen LogP contribution is 2.11. The molecule has 0 fully saturated rings. The van der Waals surface area contributed by atoms with Crippen LogP contribution in [-0.4, -0.2) is 34.0 Å². The average molecular weight is 410 g/mol. The number of hydrogen-bond donors (Lipinski definition) is 1. The Labute approximate surface area is 168 Å². The van der Waals surface area contributed by atoms with Crippen molar-refractivity contribution >= 4 is 10.1 Å². The normalized spacial score (nSPS) is 11.1. The van der Waals surface area contributed by atoms with Gasteiger partial charge < -0.3 is 5.73 Å². The van der Waals surface area contributed by atoms with Crippen LogP contribution in [0, 0.1) is 0 Å². The van der Waals surface area contributed by atoms with Gasteiger partial charge in [-0.2, -0.15) is 8.42 Å². The minimum absolute atomic E-state index is 0.0665. The van der Waals surface area contributed by atoms with E-state index in [1.165, 1.54) is 51.4 Å². The van der Waals surface area contributed by atoms with Gasteiger partial charge >= 0.3 is 0 Å². The Hall–Kier alpha value is -0.460. The van der Waals surface area contributed by atoms with Crippen LogP contribution in [0.4, 0.5) is 4.39 Å². The molecule has 0 aliphatic carbocycles. The van der Waals surface area contributed by atoms with Crippen LogP contribution in [0.3, 0.4) is 0 Å². The van der Waals surface area contributed by atoms with E-state index in [9.17, 15) is 12.8 Å². The van der Waals surface area contributed by atoms with Gasteiger partial charge in [-0.05, 0) is 19.3 Å². The highest BCUT2D eigenvalue weighted by Gasteiger charge is 2.10. The lowest BCUT2D eigenvalue weighted by Gasteiger charge is -2.06. The van der Waals surface area contributed by atoms with E-state index in [0.29, 0.717) is 26.0 Å². The zero-order chi connectivity index (χ0) is 20.6. The third-order valence-electron chi connectivity index (χ3n) is 4.21. The Bertz CT molecular complexity index is 389. The summed E-state index contributed by atoms with van der Waals surface area (Å²) < 4.78 is 40.2. The quantitative estimate of drug-likeness (QED) is 0.163. The SMILES string of the molecule is C=CCN.CCCCCCCCCCCCOS(=O)(=O)CCCCCCF. The maximum Gasteiger partial charge on any atom is 0.267 e. The summed E-state index contributed by atoms with van der Waals surface area (Å²) in [5.41, 5.74) is 4.91. The van der Waals surface area contributed by atoms with Gasteiger partial charge in [-0.3, -0.25) is 8.57 Å². The number of nitrogens with two attached hydrogens (primary N) is 1. The summed E-state index contributed by atoms with van der Waals surface area (Å²) in [6, 6.07) is 0. The van der Waals surface area contributed by atoms with E-state index in [2.05, 4.69) is 13.5 Å². The number of unbranched alkanes of at least 4 members (excludes halogenated alkanes) is 12. The van der Waals surface area contributed by atoms with Crippen molar-refractivity contribution < 1.29 is 17.0 Å². The van der Waals surface area contributed by atoms with E-state index in [-0.39, 0.29) is 12.4 Å². The van der Waals surface area contributed by atoms with Crippen molar-refractivity contribution in [2.45, 2.75) is 96.8 Å². The fraction of sp³-hybridized carbons (Fsp3) is 0.905. The lowest BCUT2D eigenvalue weighted by Crippen LogP contribution is -2.11. The molecule has 2 N–H and O–H groups in total. The van der Waals surface area contributed by atoms with Crippen molar-refractivity contribution in [1.29, 1.82) is 0 Å². The molecule has 0 aromatic heterocycles. The molecule has 0 rings (SSSR count). The highest BCUT2D eigenvalue weighted by atomic mass is 32.2. The van der Waals surface area contributed by atoms with Gasteiger partial charge in [-0.15, -0.1) is 6.58 Å². The van der Waals surface area contributed by atoms with Crippen molar-refractivity contribution in [2.24, 2.45) is 5.73 Å². The second-order valence-corrected chi connectivity index (χ2v) is 8.65. The lowest BCUT2D eigenvalue weighted by atomic mass is 10.1. The van der Waals surface area contributed by atoms with Crippen LogP contribution >= 0.6 is 0 Å². The first-order valence-electron chi connectivity index (χ1n) is 10.8. The fourth-order valence-electron chi connectivity index (χ4n) is 2.56. The molecule has 0 aromatic carbocycles. The zero-order valence-corrected chi connectivity index (χ0v) is 18.4. The molecule has 0 bridgehead atoms. The first kappa shape index (κ1) is 28.7. The van der Waals surface area contributed by atoms with E-state index < -0.39 is 10.1 Å². The van der Waals surface area contributed by atoms with Crippen LogP contribution in [0.2, 0.25) is 0 Å². The van der Waals surface area contributed by atoms with Crippen LogP contribution in [0.5, 0.6) is 0 Å². The third-order valence-corrected chi connectivity index (χ3v) is 5.52. The van der Waals surface area contributed by atoms with Crippen LogP contribution in [0.15, 0.2) is 12.7 Å². The molecule has 0 radical (unpaired) electrons. The topological polar surface area (TPSA) is 69.4 Å². The number of alkyl halides is 1. The molecule has 0 aliphatic heterocycles. The molecule has 0 aromatic rings. The molecule has 0 atom stereocenters. The Morgan fingerprint density at radius 2 is 1.30 bits per heavy atom. The molecule has 0 saturated carbocycles. The molecular formula is C21H44FNO3S. The maximum absolute atomic E-state index is 11.9. The highest BCUT2D eigenvalue weighted by molar-refractivity contribution is 7.86. The summed E-state index contributed by atoms with van der Waals surface area (Å²) in [6.45, 7) is 6.16. The van der Waals surface area contributed by atoms with Gasteiger partial charge in [0.05, 0.1) is 19.0 Å². The van der Waals surface area contributed by atoms with Gasteiger partial charge in [-0.1, -0.05) is 83.6 Å². The van der Waals surface area contributed by atoms with Crippen molar-refractivity contribution in [3.63, 3.8) is 0 Å². The molecule has 164 valence electrons. The standard InChI is InChI=1S/C18H37FO3S.C3H7N/c1-2-3-4-5-6-7-8-9-11-14-17-22-23(20,21)18-15-12-10-13-16-19;1-2-3-4/h2-18H2,1H3;2H,1,3-4H2. The van der Waals surface area contributed by atoms with Crippen LogP contribution in [-0.2, 0) is 14.3 Å². The molecule has 0 heterocycles. The fourth-order valence-corrected chi connectivity index (χ4v) is 3.61. The Balaban J connectivity index is 0. The van der Waals surface area contributed by atoms with E-state index in [1.807, 2.05) is 0 Å². The Morgan fingerprint density at radius 1 is 0.852 bits per heavy atom. The maximum atomic E-state index is 11.9. The van der Waals surface area contributed by atoms with Crippen molar-refractivity contribution in [2.75, 3.05) is 25.6 Å². The number of rotatable bonds is 19. The Morgan fingerprint density at radius 3 is 1.78 bits per heavy atom. The second-order valence-electron chi connectivity index (χ2n) is 6.89. The minimum atomic E-state index is -3.37. The van der Waals surface area contributed by atoms with Gasteiger partial charge in [0.2, 0.25) is 0 Å². The van der Waals surface area contributed by atoms with E-state index >= 15 is 0 Å². The Kier molecular flexibility index (Phi) is 25.1. The molecule has 0 amide bonds. The average Bonchev–Trinajstić information content (AvgIpc) is 2.66. The first-order chi connectivity index (χ1) is 13.0.